The fourth-order valence-corrected chi connectivity index (χ4v) is 2.44. The van der Waals surface area contributed by atoms with E-state index in [1.165, 1.54) is 32.4 Å². The Labute approximate surface area is 130 Å². The number of methoxy groups -OCH3 is 2. The van der Waals surface area contributed by atoms with Gasteiger partial charge in [0.2, 0.25) is 0 Å². The van der Waals surface area contributed by atoms with E-state index in [1.54, 1.807) is 6.07 Å². The standard InChI is InChI=1S/C17H13F2NO3/c1-22-11-5-9(6-12(8-11)23-2)15-16(19)13-7-10(18)3-4-14(13)20-17(15)21/h3-8H,1-2H3,(H,20,21). The lowest BCUT2D eigenvalue weighted by molar-refractivity contribution is 0.394. The van der Waals surface area contributed by atoms with Crippen LogP contribution in [0.4, 0.5) is 8.78 Å². The predicted octanol–water partition coefficient (Wildman–Crippen LogP) is 3.49. The first-order valence-corrected chi connectivity index (χ1v) is 6.78. The predicted molar refractivity (Wildman–Crippen MR) is 83.0 cm³/mol. The van der Waals surface area contributed by atoms with Crippen LogP contribution in [0.3, 0.4) is 0 Å². The number of H-pyrrole nitrogens is 1. The Morgan fingerprint density at radius 1 is 0.957 bits per heavy atom. The minimum absolute atomic E-state index is 0.00128. The zero-order chi connectivity index (χ0) is 16.6. The van der Waals surface area contributed by atoms with Gasteiger partial charge < -0.3 is 14.5 Å². The van der Waals surface area contributed by atoms with Gasteiger partial charge in [-0.15, -0.1) is 0 Å². The van der Waals surface area contributed by atoms with Crippen LogP contribution in [0, 0.1) is 11.6 Å². The van der Waals surface area contributed by atoms with Crippen molar-refractivity contribution < 1.29 is 18.3 Å². The lowest BCUT2D eigenvalue weighted by atomic mass is 10.0. The molecule has 0 bridgehead atoms. The highest BCUT2D eigenvalue weighted by atomic mass is 19.1. The molecule has 1 heterocycles. The summed E-state index contributed by atoms with van der Waals surface area (Å²) in [5.74, 6) is -0.550. The normalized spacial score (nSPS) is 10.8. The minimum Gasteiger partial charge on any atom is -0.497 e. The summed E-state index contributed by atoms with van der Waals surface area (Å²) >= 11 is 0. The quantitative estimate of drug-likeness (QED) is 0.804. The number of pyridine rings is 1. The number of fused-ring (bicyclic) bond motifs is 1. The molecule has 3 rings (SSSR count). The van der Waals surface area contributed by atoms with Crippen molar-refractivity contribution in [2.75, 3.05) is 14.2 Å². The molecule has 0 fully saturated rings. The number of rotatable bonds is 3. The maximum atomic E-state index is 14.8. The fraction of sp³-hybridized carbons (Fsp3) is 0.118. The van der Waals surface area contributed by atoms with E-state index in [4.69, 9.17) is 9.47 Å². The molecule has 0 saturated heterocycles. The van der Waals surface area contributed by atoms with Gasteiger partial charge >= 0.3 is 0 Å². The lowest BCUT2D eigenvalue weighted by Crippen LogP contribution is -2.12. The van der Waals surface area contributed by atoms with Crippen LogP contribution in [0.15, 0.2) is 41.2 Å². The molecule has 6 heteroatoms. The van der Waals surface area contributed by atoms with Crippen molar-refractivity contribution in [3.05, 3.63) is 58.4 Å². The summed E-state index contributed by atoms with van der Waals surface area (Å²) in [7, 11) is 2.91. The summed E-state index contributed by atoms with van der Waals surface area (Å²) < 4.78 is 38.4. The van der Waals surface area contributed by atoms with E-state index in [2.05, 4.69) is 4.98 Å². The van der Waals surface area contributed by atoms with E-state index in [-0.39, 0.29) is 22.0 Å². The van der Waals surface area contributed by atoms with Crippen LogP contribution in [0.2, 0.25) is 0 Å². The van der Waals surface area contributed by atoms with Gasteiger partial charge in [-0.2, -0.15) is 0 Å². The van der Waals surface area contributed by atoms with Gasteiger partial charge in [0.25, 0.3) is 5.56 Å². The Balaban J connectivity index is 2.34. The third-order valence-electron chi connectivity index (χ3n) is 3.55. The van der Waals surface area contributed by atoms with Crippen LogP contribution in [0.25, 0.3) is 22.0 Å². The van der Waals surface area contributed by atoms with Gasteiger partial charge in [0.05, 0.1) is 25.3 Å². The van der Waals surface area contributed by atoms with E-state index in [0.29, 0.717) is 11.5 Å². The van der Waals surface area contributed by atoms with E-state index >= 15 is 0 Å². The molecule has 0 saturated carbocycles. The average molecular weight is 317 g/mol. The van der Waals surface area contributed by atoms with Crippen molar-refractivity contribution in [2.24, 2.45) is 0 Å². The Morgan fingerprint density at radius 3 is 2.22 bits per heavy atom. The van der Waals surface area contributed by atoms with Gasteiger partial charge in [-0.05, 0) is 35.9 Å². The smallest absolute Gasteiger partial charge is 0.259 e. The van der Waals surface area contributed by atoms with Crippen molar-refractivity contribution in [3.63, 3.8) is 0 Å². The van der Waals surface area contributed by atoms with E-state index < -0.39 is 17.2 Å². The molecular formula is C17H13F2NO3. The van der Waals surface area contributed by atoms with Gasteiger partial charge in [-0.25, -0.2) is 8.78 Å². The molecule has 0 amide bonds. The third kappa shape index (κ3) is 2.63. The van der Waals surface area contributed by atoms with Crippen molar-refractivity contribution in [1.29, 1.82) is 0 Å². The second-order valence-electron chi connectivity index (χ2n) is 4.93. The van der Waals surface area contributed by atoms with E-state index in [9.17, 15) is 13.6 Å². The molecule has 23 heavy (non-hydrogen) atoms. The van der Waals surface area contributed by atoms with Gasteiger partial charge in [-0.1, -0.05) is 0 Å². The van der Waals surface area contributed by atoms with Crippen LogP contribution in [0.1, 0.15) is 0 Å². The number of ether oxygens (including phenoxy) is 2. The van der Waals surface area contributed by atoms with E-state index in [0.717, 1.165) is 12.1 Å². The monoisotopic (exact) mass is 317 g/mol. The summed E-state index contributed by atoms with van der Waals surface area (Å²) in [5, 5.41) is 0.00128. The first kappa shape index (κ1) is 15.0. The molecule has 0 spiro atoms. The van der Waals surface area contributed by atoms with Crippen LogP contribution in [0.5, 0.6) is 11.5 Å². The molecule has 0 aliphatic rings. The summed E-state index contributed by atoms with van der Waals surface area (Å²) in [5.41, 5.74) is -0.296. The highest BCUT2D eigenvalue weighted by Gasteiger charge is 2.17. The molecule has 2 aromatic carbocycles. The molecule has 0 unspecified atom stereocenters. The SMILES string of the molecule is COc1cc(OC)cc(-c2c(F)c3cc(F)ccc3[nH]c2=O)c1. The van der Waals surface area contributed by atoms with Crippen LogP contribution < -0.4 is 15.0 Å². The fourth-order valence-electron chi connectivity index (χ4n) is 2.44. The number of hydrogen-bond donors (Lipinski definition) is 1. The number of halogens is 2. The van der Waals surface area contributed by atoms with Crippen molar-refractivity contribution in [1.82, 2.24) is 4.98 Å². The molecule has 0 aliphatic carbocycles. The minimum atomic E-state index is -0.793. The number of nitrogens with one attached hydrogen (secondary N) is 1. The Bertz CT molecular complexity index is 928. The second-order valence-corrected chi connectivity index (χ2v) is 4.93. The second kappa shape index (κ2) is 5.72. The molecule has 0 atom stereocenters. The van der Waals surface area contributed by atoms with Gasteiger partial charge in [-0.3, -0.25) is 4.79 Å². The van der Waals surface area contributed by atoms with E-state index in [1.807, 2.05) is 0 Å². The van der Waals surface area contributed by atoms with Gasteiger partial charge in [0.15, 0.2) is 0 Å². The summed E-state index contributed by atoms with van der Waals surface area (Å²) in [4.78, 5) is 14.8. The molecule has 4 nitrogen and oxygen atoms in total. The van der Waals surface area contributed by atoms with Crippen LogP contribution >= 0.6 is 0 Å². The van der Waals surface area contributed by atoms with Gasteiger partial charge in [0, 0.05) is 11.5 Å². The van der Waals surface area contributed by atoms with Crippen LogP contribution in [-0.2, 0) is 0 Å². The zero-order valence-electron chi connectivity index (χ0n) is 12.4. The number of hydrogen-bond acceptors (Lipinski definition) is 3. The first-order valence-electron chi connectivity index (χ1n) is 6.78. The summed E-state index contributed by atoms with van der Waals surface area (Å²) in [6, 6.07) is 8.16. The average Bonchev–Trinajstić information content (AvgIpc) is 2.55. The highest BCUT2D eigenvalue weighted by Crippen LogP contribution is 2.31. The number of benzene rings is 2. The first-order chi connectivity index (χ1) is 11.0. The summed E-state index contributed by atoms with van der Waals surface area (Å²) in [6.07, 6.45) is 0. The third-order valence-corrected chi connectivity index (χ3v) is 3.55. The Morgan fingerprint density at radius 2 is 1.61 bits per heavy atom. The van der Waals surface area contributed by atoms with Crippen molar-refractivity contribution in [2.45, 2.75) is 0 Å². The molecule has 0 radical (unpaired) electrons. The Hall–Kier alpha value is -2.89. The maximum Gasteiger partial charge on any atom is 0.259 e. The van der Waals surface area contributed by atoms with Crippen LogP contribution in [-0.4, -0.2) is 19.2 Å². The topological polar surface area (TPSA) is 51.3 Å². The van der Waals surface area contributed by atoms with Gasteiger partial charge in [0.1, 0.15) is 23.1 Å². The van der Waals surface area contributed by atoms with Crippen molar-refractivity contribution >= 4 is 10.9 Å². The number of aromatic nitrogens is 1. The largest absolute Gasteiger partial charge is 0.497 e. The van der Waals surface area contributed by atoms with Crippen molar-refractivity contribution in [3.8, 4) is 22.6 Å². The molecular weight excluding hydrogens is 304 g/mol. The molecule has 1 aromatic heterocycles. The zero-order valence-corrected chi connectivity index (χ0v) is 12.4. The molecule has 1 N–H and O–H groups in total. The lowest BCUT2D eigenvalue weighted by Gasteiger charge is -2.10. The summed E-state index contributed by atoms with van der Waals surface area (Å²) in [6.45, 7) is 0. The molecule has 0 aliphatic heterocycles. The maximum absolute atomic E-state index is 14.8. The molecule has 118 valence electrons. The molecule has 3 aromatic rings. The number of aromatic amines is 1. The Kier molecular flexibility index (Phi) is 3.73. The highest BCUT2D eigenvalue weighted by molar-refractivity contribution is 5.85.